The molecule has 1 aromatic rings. The zero-order valence-corrected chi connectivity index (χ0v) is 14.4. The van der Waals surface area contributed by atoms with E-state index in [0.717, 1.165) is 44.0 Å². The summed E-state index contributed by atoms with van der Waals surface area (Å²) in [6.07, 6.45) is 10.4. The number of rotatable bonds is 13. The molecule has 0 saturated heterocycles. The van der Waals surface area contributed by atoms with Gasteiger partial charge >= 0.3 is 0 Å². The summed E-state index contributed by atoms with van der Waals surface area (Å²) < 4.78 is 11.8. The van der Waals surface area contributed by atoms with Gasteiger partial charge in [0.2, 0.25) is 0 Å². The lowest BCUT2D eigenvalue weighted by Gasteiger charge is -2.15. The van der Waals surface area contributed by atoms with Crippen LogP contribution in [0.1, 0.15) is 58.8 Å². The van der Waals surface area contributed by atoms with Gasteiger partial charge in [-0.05, 0) is 37.3 Å². The molecule has 0 amide bonds. The molecule has 0 aliphatic heterocycles. The highest BCUT2D eigenvalue weighted by atomic mass is 16.5. The molecule has 0 radical (unpaired) electrons. The molecular weight excluding hydrogens is 272 g/mol. The van der Waals surface area contributed by atoms with Gasteiger partial charge in [-0.25, -0.2) is 0 Å². The van der Waals surface area contributed by atoms with Crippen LogP contribution in [0, 0.1) is 5.92 Å². The summed E-state index contributed by atoms with van der Waals surface area (Å²) in [7, 11) is 0. The molecule has 1 aromatic carbocycles. The Bertz CT molecular complexity index is 400. The third-order valence-corrected chi connectivity index (χ3v) is 3.88. The lowest BCUT2D eigenvalue weighted by Crippen LogP contribution is -2.08. The number of para-hydroxylation sites is 2. The highest BCUT2D eigenvalue weighted by Crippen LogP contribution is 2.27. The number of ether oxygens (including phenoxy) is 2. The summed E-state index contributed by atoms with van der Waals surface area (Å²) >= 11 is 0. The van der Waals surface area contributed by atoms with Gasteiger partial charge in [0.15, 0.2) is 11.5 Å². The second kappa shape index (κ2) is 12.1. The first-order valence-electron chi connectivity index (χ1n) is 8.73. The summed E-state index contributed by atoms with van der Waals surface area (Å²) in [6, 6.07) is 7.99. The van der Waals surface area contributed by atoms with Gasteiger partial charge in [-0.1, -0.05) is 57.7 Å². The van der Waals surface area contributed by atoms with E-state index in [9.17, 15) is 0 Å². The SMILES string of the molecule is C=CCCCCCCCOc1ccccc1OCC(C)CC. The molecule has 1 atom stereocenters. The molecule has 124 valence electrons. The average Bonchev–Trinajstić information content (AvgIpc) is 2.56. The second-order valence-electron chi connectivity index (χ2n) is 5.96. The van der Waals surface area contributed by atoms with Gasteiger partial charge in [-0.15, -0.1) is 6.58 Å². The Labute approximate surface area is 136 Å². The Hall–Kier alpha value is -1.44. The number of hydrogen-bond donors (Lipinski definition) is 0. The van der Waals surface area contributed by atoms with Crippen molar-refractivity contribution < 1.29 is 9.47 Å². The van der Waals surface area contributed by atoms with Gasteiger partial charge in [0.25, 0.3) is 0 Å². The molecule has 22 heavy (non-hydrogen) atoms. The number of unbranched alkanes of at least 4 members (excludes halogenated alkanes) is 5. The molecule has 1 unspecified atom stereocenters. The summed E-state index contributed by atoms with van der Waals surface area (Å²) in [5.41, 5.74) is 0. The van der Waals surface area contributed by atoms with Crippen molar-refractivity contribution in [1.82, 2.24) is 0 Å². The summed E-state index contributed by atoms with van der Waals surface area (Å²) in [6.45, 7) is 9.66. The highest BCUT2D eigenvalue weighted by Gasteiger charge is 2.06. The fourth-order valence-electron chi connectivity index (χ4n) is 2.14. The third-order valence-electron chi connectivity index (χ3n) is 3.88. The van der Waals surface area contributed by atoms with Crippen molar-refractivity contribution in [1.29, 1.82) is 0 Å². The van der Waals surface area contributed by atoms with Crippen molar-refractivity contribution in [3.8, 4) is 11.5 Å². The minimum atomic E-state index is 0.573. The smallest absolute Gasteiger partial charge is 0.161 e. The number of allylic oxidation sites excluding steroid dienone is 1. The molecule has 1 rings (SSSR count). The van der Waals surface area contributed by atoms with E-state index < -0.39 is 0 Å². The molecule has 0 aliphatic carbocycles. The molecule has 0 N–H and O–H groups in total. The third kappa shape index (κ3) is 8.11. The van der Waals surface area contributed by atoms with Crippen LogP contribution in [-0.2, 0) is 0 Å². The van der Waals surface area contributed by atoms with Crippen molar-refractivity contribution >= 4 is 0 Å². The zero-order valence-electron chi connectivity index (χ0n) is 14.4. The van der Waals surface area contributed by atoms with Gasteiger partial charge in [0, 0.05) is 0 Å². The molecule has 0 saturated carbocycles. The quantitative estimate of drug-likeness (QED) is 0.328. The van der Waals surface area contributed by atoms with Crippen molar-refractivity contribution in [2.45, 2.75) is 58.8 Å². The van der Waals surface area contributed by atoms with Crippen molar-refractivity contribution in [3.63, 3.8) is 0 Å². The minimum absolute atomic E-state index is 0.573. The van der Waals surface area contributed by atoms with Gasteiger partial charge < -0.3 is 9.47 Å². The van der Waals surface area contributed by atoms with E-state index in [2.05, 4.69) is 20.4 Å². The van der Waals surface area contributed by atoms with E-state index in [1.807, 2.05) is 30.3 Å². The maximum Gasteiger partial charge on any atom is 0.161 e. The van der Waals surface area contributed by atoms with E-state index in [0.29, 0.717) is 5.92 Å². The molecule has 0 bridgehead atoms. The van der Waals surface area contributed by atoms with E-state index in [4.69, 9.17) is 9.47 Å². The number of benzene rings is 1. The van der Waals surface area contributed by atoms with Crippen molar-refractivity contribution in [3.05, 3.63) is 36.9 Å². The first-order chi connectivity index (χ1) is 10.8. The summed E-state index contributed by atoms with van der Waals surface area (Å²) in [4.78, 5) is 0. The highest BCUT2D eigenvalue weighted by molar-refractivity contribution is 5.39. The monoisotopic (exact) mass is 304 g/mol. The molecular formula is C20H32O2. The molecule has 2 nitrogen and oxygen atoms in total. The van der Waals surface area contributed by atoms with Gasteiger partial charge in [-0.3, -0.25) is 0 Å². The van der Waals surface area contributed by atoms with Gasteiger partial charge in [0.1, 0.15) is 0 Å². The van der Waals surface area contributed by atoms with Gasteiger partial charge in [0.05, 0.1) is 13.2 Å². The first-order valence-corrected chi connectivity index (χ1v) is 8.73. The van der Waals surface area contributed by atoms with Crippen molar-refractivity contribution in [2.75, 3.05) is 13.2 Å². The molecule has 0 fully saturated rings. The number of hydrogen-bond acceptors (Lipinski definition) is 2. The summed E-state index contributed by atoms with van der Waals surface area (Å²) in [5, 5.41) is 0. The molecule has 0 aliphatic rings. The fraction of sp³-hybridized carbons (Fsp3) is 0.600. The second-order valence-corrected chi connectivity index (χ2v) is 5.96. The molecule has 0 aromatic heterocycles. The molecule has 0 spiro atoms. The van der Waals surface area contributed by atoms with Crippen molar-refractivity contribution in [2.24, 2.45) is 5.92 Å². The lowest BCUT2D eigenvalue weighted by atomic mass is 10.1. The molecule has 0 heterocycles. The van der Waals surface area contributed by atoms with Crippen LogP contribution in [0.2, 0.25) is 0 Å². The van der Waals surface area contributed by atoms with Crippen LogP contribution in [0.5, 0.6) is 11.5 Å². The van der Waals surface area contributed by atoms with Crippen LogP contribution in [0.3, 0.4) is 0 Å². The predicted molar refractivity (Wildman–Crippen MR) is 94.8 cm³/mol. The Balaban J connectivity index is 2.23. The predicted octanol–water partition coefficient (Wildman–Crippen LogP) is 6.02. The van der Waals surface area contributed by atoms with Crippen LogP contribution < -0.4 is 9.47 Å². The molecule has 2 heteroatoms. The maximum atomic E-state index is 5.89. The van der Waals surface area contributed by atoms with E-state index >= 15 is 0 Å². The topological polar surface area (TPSA) is 18.5 Å². The Morgan fingerprint density at radius 1 is 1.00 bits per heavy atom. The Morgan fingerprint density at radius 3 is 2.32 bits per heavy atom. The van der Waals surface area contributed by atoms with Gasteiger partial charge in [-0.2, -0.15) is 0 Å². The first kappa shape index (κ1) is 18.6. The van der Waals surface area contributed by atoms with Crippen LogP contribution >= 0.6 is 0 Å². The Morgan fingerprint density at radius 2 is 1.64 bits per heavy atom. The summed E-state index contributed by atoms with van der Waals surface area (Å²) in [5.74, 6) is 2.31. The lowest BCUT2D eigenvalue weighted by molar-refractivity contribution is 0.232. The largest absolute Gasteiger partial charge is 0.490 e. The van der Waals surface area contributed by atoms with E-state index in [1.165, 1.54) is 25.7 Å². The normalized spacial score (nSPS) is 11.9. The maximum absolute atomic E-state index is 5.89. The van der Waals surface area contributed by atoms with E-state index in [-0.39, 0.29) is 0 Å². The zero-order chi connectivity index (χ0) is 16.0. The standard InChI is InChI=1S/C20H32O2/c1-4-6-7-8-9-10-13-16-21-19-14-11-12-15-20(19)22-17-18(3)5-2/h4,11-12,14-15,18H,1,5-10,13,16-17H2,2-3H3. The average molecular weight is 304 g/mol. The minimum Gasteiger partial charge on any atom is -0.490 e. The Kier molecular flexibility index (Phi) is 10.3. The van der Waals surface area contributed by atoms with Crippen LogP contribution in [0.4, 0.5) is 0 Å². The van der Waals surface area contributed by atoms with Crippen LogP contribution in [0.15, 0.2) is 36.9 Å². The van der Waals surface area contributed by atoms with E-state index in [1.54, 1.807) is 0 Å². The van der Waals surface area contributed by atoms with Crippen LogP contribution in [0.25, 0.3) is 0 Å². The fourth-order valence-corrected chi connectivity index (χ4v) is 2.14. The van der Waals surface area contributed by atoms with Crippen LogP contribution in [-0.4, -0.2) is 13.2 Å².